The first-order valence-corrected chi connectivity index (χ1v) is 7.56. The molecule has 0 saturated carbocycles. The van der Waals surface area contributed by atoms with Crippen molar-refractivity contribution < 1.29 is 0 Å². The minimum atomic E-state index is 0.461. The van der Waals surface area contributed by atoms with E-state index in [4.69, 9.17) is 0 Å². The van der Waals surface area contributed by atoms with Gasteiger partial charge in [0, 0.05) is 5.57 Å². The average Bonchev–Trinajstić information content (AvgIpc) is 2.85. The van der Waals surface area contributed by atoms with Crippen LogP contribution >= 0.6 is 11.3 Å². The normalized spacial score (nSPS) is 13.2. The summed E-state index contributed by atoms with van der Waals surface area (Å²) < 4.78 is 0. The van der Waals surface area contributed by atoms with E-state index >= 15 is 0 Å². The summed E-state index contributed by atoms with van der Waals surface area (Å²) in [4.78, 5) is 5.84. The first kappa shape index (κ1) is 14.9. The summed E-state index contributed by atoms with van der Waals surface area (Å²) in [5, 5.41) is 0. The second kappa shape index (κ2) is 7.35. The van der Waals surface area contributed by atoms with Crippen LogP contribution in [-0.2, 0) is 0 Å². The maximum Gasteiger partial charge on any atom is 0.0926 e. The van der Waals surface area contributed by atoms with Gasteiger partial charge in [-0.25, -0.2) is 4.98 Å². The molecule has 0 aliphatic carbocycles. The van der Waals surface area contributed by atoms with Crippen molar-refractivity contribution in [2.75, 3.05) is 0 Å². The van der Waals surface area contributed by atoms with E-state index in [1.54, 1.807) is 11.3 Å². The van der Waals surface area contributed by atoms with Gasteiger partial charge < -0.3 is 0 Å². The van der Waals surface area contributed by atoms with E-state index in [0.29, 0.717) is 5.92 Å². The van der Waals surface area contributed by atoms with Crippen LogP contribution < -0.4 is 0 Å². The second-order valence-electron chi connectivity index (χ2n) is 4.49. The zero-order valence-corrected chi connectivity index (χ0v) is 12.7. The summed E-state index contributed by atoms with van der Waals surface area (Å²) in [5.41, 5.74) is 8.67. The highest BCUT2D eigenvalue weighted by Gasteiger charge is 2.17. The van der Waals surface area contributed by atoms with Crippen LogP contribution in [0.3, 0.4) is 0 Å². The molecule has 1 atom stereocenters. The summed E-state index contributed by atoms with van der Waals surface area (Å²) in [7, 11) is 0. The molecule has 0 spiro atoms. The van der Waals surface area contributed by atoms with Crippen molar-refractivity contribution in [3.8, 4) is 0 Å². The van der Waals surface area contributed by atoms with Crippen LogP contribution in [0.4, 0.5) is 0 Å². The highest BCUT2D eigenvalue weighted by molar-refractivity contribution is 7.11. The van der Waals surface area contributed by atoms with Crippen molar-refractivity contribution in [3.05, 3.63) is 34.5 Å². The number of hydrogen-bond donors (Lipinski definition) is 0. The number of allylic oxidation sites excluding steroid dienone is 3. The maximum absolute atomic E-state index is 4.55. The molecule has 2 heteroatoms. The van der Waals surface area contributed by atoms with Gasteiger partial charge in [-0.3, -0.25) is 0 Å². The number of rotatable bonds is 6. The molecule has 0 aliphatic heterocycles. The standard InChI is InChI=1S/C16H23NS/c1-6-10-13(8-3)16-15(17-11-18-16)14(9-4)12(5)7-2/h8,11-12H,4,6-7,10H2,1-3,5H3. The smallest absolute Gasteiger partial charge is 0.0926 e. The number of nitrogens with zero attached hydrogens (tertiary/aromatic N) is 1. The Hall–Kier alpha value is -1.11. The SMILES string of the molecule is C=C=C(c1ncsc1C(=CC)CCC)C(C)CC. The molecule has 18 heavy (non-hydrogen) atoms. The molecule has 1 nitrogen and oxygen atoms in total. The van der Waals surface area contributed by atoms with Crippen LogP contribution in [-0.4, -0.2) is 4.98 Å². The van der Waals surface area contributed by atoms with Crippen molar-refractivity contribution >= 4 is 22.5 Å². The van der Waals surface area contributed by atoms with Crippen molar-refractivity contribution in [2.45, 2.75) is 47.0 Å². The van der Waals surface area contributed by atoms with Crippen LogP contribution in [0, 0.1) is 5.92 Å². The van der Waals surface area contributed by atoms with E-state index in [1.165, 1.54) is 10.5 Å². The van der Waals surface area contributed by atoms with Crippen LogP contribution in [0.2, 0.25) is 0 Å². The predicted octanol–water partition coefficient (Wildman–Crippen LogP) is 5.56. The van der Waals surface area contributed by atoms with Crippen LogP contribution in [0.1, 0.15) is 57.5 Å². The van der Waals surface area contributed by atoms with E-state index in [0.717, 1.165) is 30.5 Å². The van der Waals surface area contributed by atoms with Gasteiger partial charge in [0.05, 0.1) is 16.1 Å². The van der Waals surface area contributed by atoms with Gasteiger partial charge in [-0.05, 0) is 31.3 Å². The fourth-order valence-electron chi connectivity index (χ4n) is 2.02. The lowest BCUT2D eigenvalue weighted by Gasteiger charge is -2.12. The molecule has 1 aromatic heterocycles. The third-order valence-electron chi connectivity index (χ3n) is 3.28. The third kappa shape index (κ3) is 3.22. The summed E-state index contributed by atoms with van der Waals surface area (Å²) in [6, 6.07) is 0. The van der Waals surface area contributed by atoms with Crippen LogP contribution in [0.15, 0.2) is 23.9 Å². The van der Waals surface area contributed by atoms with Gasteiger partial charge >= 0.3 is 0 Å². The molecule has 0 N–H and O–H groups in total. The van der Waals surface area contributed by atoms with Crippen LogP contribution in [0.5, 0.6) is 0 Å². The minimum Gasteiger partial charge on any atom is -0.244 e. The molecule has 1 rings (SSSR count). The Kier molecular flexibility index (Phi) is 6.11. The molecule has 0 aromatic carbocycles. The summed E-state index contributed by atoms with van der Waals surface area (Å²) >= 11 is 1.73. The molecule has 98 valence electrons. The van der Waals surface area contributed by atoms with E-state index in [9.17, 15) is 0 Å². The van der Waals surface area contributed by atoms with Crippen molar-refractivity contribution in [2.24, 2.45) is 5.92 Å². The van der Waals surface area contributed by atoms with Gasteiger partial charge in [0.1, 0.15) is 0 Å². The largest absolute Gasteiger partial charge is 0.244 e. The Morgan fingerprint density at radius 2 is 2.28 bits per heavy atom. The van der Waals surface area contributed by atoms with Crippen molar-refractivity contribution in [1.29, 1.82) is 0 Å². The highest BCUT2D eigenvalue weighted by Crippen LogP contribution is 2.34. The molecule has 0 fully saturated rings. The Morgan fingerprint density at radius 1 is 1.56 bits per heavy atom. The molecule has 0 amide bonds. The Bertz CT molecular complexity index is 461. The molecule has 1 unspecified atom stereocenters. The van der Waals surface area contributed by atoms with Gasteiger partial charge in [-0.1, -0.05) is 39.8 Å². The lowest BCUT2D eigenvalue weighted by atomic mass is 9.94. The maximum atomic E-state index is 4.55. The summed E-state index contributed by atoms with van der Waals surface area (Å²) in [5.74, 6) is 0.461. The fourth-order valence-corrected chi connectivity index (χ4v) is 2.93. The average molecular weight is 261 g/mol. The minimum absolute atomic E-state index is 0.461. The first-order chi connectivity index (χ1) is 8.69. The number of aromatic nitrogens is 1. The van der Waals surface area contributed by atoms with Crippen molar-refractivity contribution in [3.63, 3.8) is 0 Å². The van der Waals surface area contributed by atoms with Gasteiger partial charge in [0.2, 0.25) is 0 Å². The van der Waals surface area contributed by atoms with E-state index in [2.05, 4.69) is 51.1 Å². The predicted molar refractivity (Wildman–Crippen MR) is 82.7 cm³/mol. The second-order valence-corrected chi connectivity index (χ2v) is 5.35. The molecular formula is C16H23NS. The molecule has 0 radical (unpaired) electrons. The summed E-state index contributed by atoms with van der Waals surface area (Å²) in [6.45, 7) is 12.6. The van der Waals surface area contributed by atoms with E-state index < -0.39 is 0 Å². The van der Waals surface area contributed by atoms with Gasteiger partial charge in [0.15, 0.2) is 0 Å². The monoisotopic (exact) mass is 261 g/mol. The zero-order chi connectivity index (χ0) is 13.5. The quantitative estimate of drug-likeness (QED) is 0.611. The molecule has 1 heterocycles. The number of hydrogen-bond acceptors (Lipinski definition) is 2. The zero-order valence-electron chi connectivity index (χ0n) is 11.9. The lowest BCUT2D eigenvalue weighted by Crippen LogP contribution is -1.99. The van der Waals surface area contributed by atoms with Gasteiger partial charge in [-0.15, -0.1) is 17.1 Å². The molecular weight excluding hydrogens is 238 g/mol. The van der Waals surface area contributed by atoms with E-state index in [1.807, 2.05) is 5.51 Å². The van der Waals surface area contributed by atoms with Gasteiger partial charge in [-0.2, -0.15) is 0 Å². The first-order valence-electron chi connectivity index (χ1n) is 6.68. The molecule has 1 aromatic rings. The van der Waals surface area contributed by atoms with Crippen LogP contribution in [0.25, 0.3) is 11.1 Å². The Morgan fingerprint density at radius 3 is 2.78 bits per heavy atom. The third-order valence-corrected chi connectivity index (χ3v) is 4.18. The van der Waals surface area contributed by atoms with Gasteiger partial charge in [0.25, 0.3) is 0 Å². The molecule has 0 saturated heterocycles. The fraction of sp³-hybridized carbons (Fsp3) is 0.500. The topological polar surface area (TPSA) is 12.9 Å². The Balaban J connectivity index is 3.20. The van der Waals surface area contributed by atoms with E-state index in [-0.39, 0.29) is 0 Å². The number of thiazole rings is 1. The van der Waals surface area contributed by atoms with Crippen molar-refractivity contribution in [1.82, 2.24) is 4.98 Å². The highest BCUT2D eigenvalue weighted by atomic mass is 32.1. The molecule has 0 bridgehead atoms. The lowest BCUT2D eigenvalue weighted by molar-refractivity contribution is 0.715. The summed E-state index contributed by atoms with van der Waals surface area (Å²) in [6.07, 6.45) is 5.57. The molecule has 0 aliphatic rings. The Labute approximate surface area is 115 Å².